The van der Waals surface area contributed by atoms with E-state index in [1.807, 2.05) is 0 Å². The molecule has 1 heterocycles. The zero-order valence-corrected chi connectivity index (χ0v) is 9.30. The number of carbonyl (C=O) groups excluding carboxylic acids is 1. The van der Waals surface area contributed by atoms with Crippen LogP contribution in [0, 0.1) is 34.2 Å². The Balaban J connectivity index is 2.39. The fraction of sp³-hybridized carbons (Fsp3) is 0.250. The van der Waals surface area contributed by atoms with Crippen molar-refractivity contribution >= 4 is 17.3 Å². The van der Waals surface area contributed by atoms with Crippen LogP contribution in [-0.2, 0) is 4.79 Å². The smallest absolute Gasteiger partial charge is 0.271 e. The SMILES string of the molecule is C#CC1CC(=O)N(c2cc([N+](=O)[O-])ccc2F)C1. The minimum Gasteiger partial charge on any atom is -0.308 e. The number of nitro benzene ring substituents is 1. The number of nitrogens with zero attached hydrogens (tertiary/aromatic N) is 2. The van der Waals surface area contributed by atoms with E-state index in [-0.39, 0.29) is 36.2 Å². The summed E-state index contributed by atoms with van der Waals surface area (Å²) in [5.41, 5.74) is -0.352. The van der Waals surface area contributed by atoms with Crippen LogP contribution in [0.15, 0.2) is 18.2 Å². The lowest BCUT2D eigenvalue weighted by Crippen LogP contribution is -2.25. The standard InChI is InChI=1S/C12H9FN2O3/c1-2-8-5-12(16)14(7-8)11-6-9(15(17)18)3-4-10(11)13/h1,3-4,6,8H,5,7H2. The first-order valence-corrected chi connectivity index (χ1v) is 5.23. The maximum Gasteiger partial charge on any atom is 0.271 e. The van der Waals surface area contributed by atoms with Crippen LogP contribution in [0.1, 0.15) is 6.42 Å². The predicted octanol–water partition coefficient (Wildman–Crippen LogP) is 1.72. The van der Waals surface area contributed by atoms with E-state index in [9.17, 15) is 19.3 Å². The third-order valence-electron chi connectivity index (χ3n) is 2.79. The summed E-state index contributed by atoms with van der Waals surface area (Å²) in [7, 11) is 0. The molecule has 1 aliphatic heterocycles. The first kappa shape index (κ1) is 12.0. The zero-order chi connectivity index (χ0) is 13.3. The van der Waals surface area contributed by atoms with E-state index < -0.39 is 10.7 Å². The fourth-order valence-electron chi connectivity index (χ4n) is 1.87. The van der Waals surface area contributed by atoms with Crippen LogP contribution in [0.2, 0.25) is 0 Å². The van der Waals surface area contributed by atoms with Crippen molar-refractivity contribution in [3.8, 4) is 12.3 Å². The molecule has 0 saturated carbocycles. The average molecular weight is 248 g/mol. The highest BCUT2D eigenvalue weighted by Crippen LogP contribution is 2.30. The molecule has 0 bridgehead atoms. The van der Waals surface area contributed by atoms with Gasteiger partial charge < -0.3 is 4.90 Å². The summed E-state index contributed by atoms with van der Waals surface area (Å²) < 4.78 is 13.6. The number of benzene rings is 1. The Bertz CT molecular complexity index is 565. The fourth-order valence-corrected chi connectivity index (χ4v) is 1.87. The summed E-state index contributed by atoms with van der Waals surface area (Å²) in [6, 6.07) is 3.08. The van der Waals surface area contributed by atoms with Crippen molar-refractivity contribution in [2.45, 2.75) is 6.42 Å². The second-order valence-corrected chi connectivity index (χ2v) is 3.96. The van der Waals surface area contributed by atoms with Crippen molar-refractivity contribution in [3.05, 3.63) is 34.1 Å². The molecule has 0 aromatic heterocycles. The van der Waals surface area contributed by atoms with E-state index >= 15 is 0 Å². The highest BCUT2D eigenvalue weighted by molar-refractivity contribution is 5.96. The number of carbonyl (C=O) groups is 1. The summed E-state index contributed by atoms with van der Waals surface area (Å²) in [5.74, 6) is 1.15. The van der Waals surface area contributed by atoms with Gasteiger partial charge in [-0.2, -0.15) is 0 Å². The molecular formula is C12H9FN2O3. The van der Waals surface area contributed by atoms with E-state index in [4.69, 9.17) is 6.42 Å². The van der Waals surface area contributed by atoms with Crippen LogP contribution in [0.3, 0.4) is 0 Å². The molecule has 92 valence electrons. The van der Waals surface area contributed by atoms with Gasteiger partial charge in [-0.25, -0.2) is 4.39 Å². The first-order valence-electron chi connectivity index (χ1n) is 5.23. The number of hydrogen-bond donors (Lipinski definition) is 0. The highest BCUT2D eigenvalue weighted by Gasteiger charge is 2.31. The van der Waals surface area contributed by atoms with Crippen LogP contribution in [0.4, 0.5) is 15.8 Å². The van der Waals surface area contributed by atoms with Gasteiger partial charge in [-0.1, -0.05) is 0 Å². The molecule has 0 spiro atoms. The summed E-state index contributed by atoms with van der Waals surface area (Å²) in [4.78, 5) is 22.8. The van der Waals surface area contributed by atoms with E-state index in [0.717, 1.165) is 23.1 Å². The molecule has 1 aliphatic rings. The van der Waals surface area contributed by atoms with E-state index in [1.165, 1.54) is 0 Å². The minimum atomic E-state index is -0.674. The number of nitro groups is 1. The second-order valence-electron chi connectivity index (χ2n) is 3.96. The summed E-state index contributed by atoms with van der Waals surface area (Å²) in [6.45, 7) is 0.188. The van der Waals surface area contributed by atoms with Crippen LogP contribution in [-0.4, -0.2) is 17.4 Å². The summed E-state index contributed by atoms with van der Waals surface area (Å²) in [6.07, 6.45) is 5.36. The lowest BCUT2D eigenvalue weighted by Gasteiger charge is -2.16. The quantitative estimate of drug-likeness (QED) is 0.454. The molecule has 0 radical (unpaired) electrons. The molecule has 1 aromatic carbocycles. The van der Waals surface area contributed by atoms with Crippen molar-refractivity contribution in [1.82, 2.24) is 0 Å². The Kier molecular flexibility index (Phi) is 2.98. The maximum atomic E-state index is 13.6. The van der Waals surface area contributed by atoms with Crippen molar-refractivity contribution in [2.24, 2.45) is 5.92 Å². The minimum absolute atomic E-state index is 0.0908. The molecule has 18 heavy (non-hydrogen) atoms. The van der Waals surface area contributed by atoms with Gasteiger partial charge in [0.05, 0.1) is 10.6 Å². The Morgan fingerprint density at radius 1 is 1.56 bits per heavy atom. The Morgan fingerprint density at radius 3 is 2.83 bits per heavy atom. The largest absolute Gasteiger partial charge is 0.308 e. The van der Waals surface area contributed by atoms with Gasteiger partial charge in [0.1, 0.15) is 5.82 Å². The molecule has 1 unspecified atom stereocenters. The van der Waals surface area contributed by atoms with Gasteiger partial charge in [-0.15, -0.1) is 12.3 Å². The number of terminal acetylenes is 1. The Morgan fingerprint density at radius 2 is 2.28 bits per heavy atom. The van der Waals surface area contributed by atoms with Gasteiger partial charge in [0, 0.05) is 31.0 Å². The van der Waals surface area contributed by atoms with Crippen LogP contribution in [0.5, 0.6) is 0 Å². The summed E-state index contributed by atoms with van der Waals surface area (Å²) >= 11 is 0. The summed E-state index contributed by atoms with van der Waals surface area (Å²) in [5, 5.41) is 10.6. The van der Waals surface area contributed by atoms with Gasteiger partial charge >= 0.3 is 0 Å². The van der Waals surface area contributed by atoms with Gasteiger partial charge in [0.25, 0.3) is 5.69 Å². The number of rotatable bonds is 2. The van der Waals surface area contributed by atoms with Gasteiger partial charge in [-0.05, 0) is 6.07 Å². The van der Waals surface area contributed by atoms with E-state index in [1.54, 1.807) is 0 Å². The highest BCUT2D eigenvalue weighted by atomic mass is 19.1. The maximum absolute atomic E-state index is 13.6. The third kappa shape index (κ3) is 2.02. The number of non-ortho nitro benzene ring substituents is 1. The van der Waals surface area contributed by atoms with Gasteiger partial charge in [0.15, 0.2) is 0 Å². The molecule has 0 aliphatic carbocycles. The van der Waals surface area contributed by atoms with Crippen molar-refractivity contribution in [2.75, 3.05) is 11.4 Å². The molecule has 0 N–H and O–H groups in total. The molecule has 1 saturated heterocycles. The van der Waals surface area contributed by atoms with Crippen molar-refractivity contribution in [1.29, 1.82) is 0 Å². The predicted molar refractivity (Wildman–Crippen MR) is 62.3 cm³/mol. The monoisotopic (exact) mass is 248 g/mol. The van der Waals surface area contributed by atoms with Gasteiger partial charge in [0.2, 0.25) is 5.91 Å². The lowest BCUT2D eigenvalue weighted by molar-refractivity contribution is -0.384. The molecule has 1 aromatic rings. The lowest BCUT2D eigenvalue weighted by atomic mass is 10.1. The van der Waals surface area contributed by atoms with E-state index in [0.29, 0.717) is 0 Å². The third-order valence-corrected chi connectivity index (χ3v) is 2.79. The second kappa shape index (κ2) is 4.45. The molecule has 1 atom stereocenters. The Hall–Kier alpha value is -2.42. The molecule has 1 amide bonds. The van der Waals surface area contributed by atoms with Crippen LogP contribution >= 0.6 is 0 Å². The molecule has 5 nitrogen and oxygen atoms in total. The number of amides is 1. The first-order chi connectivity index (χ1) is 8.52. The van der Waals surface area contributed by atoms with Gasteiger partial charge in [-0.3, -0.25) is 14.9 Å². The normalized spacial score (nSPS) is 18.8. The molecule has 2 rings (SSSR count). The molecule has 6 heteroatoms. The average Bonchev–Trinajstić information content (AvgIpc) is 2.71. The number of hydrogen-bond acceptors (Lipinski definition) is 3. The van der Waals surface area contributed by atoms with E-state index in [2.05, 4.69) is 5.92 Å². The van der Waals surface area contributed by atoms with Crippen LogP contribution in [0.25, 0.3) is 0 Å². The van der Waals surface area contributed by atoms with Crippen molar-refractivity contribution in [3.63, 3.8) is 0 Å². The number of halogens is 1. The molecular weight excluding hydrogens is 239 g/mol. The number of anilines is 1. The van der Waals surface area contributed by atoms with Crippen molar-refractivity contribution < 1.29 is 14.1 Å². The van der Waals surface area contributed by atoms with Crippen LogP contribution < -0.4 is 4.90 Å². The molecule has 1 fully saturated rings. The zero-order valence-electron chi connectivity index (χ0n) is 9.30. The Labute approximate surface area is 102 Å². The topological polar surface area (TPSA) is 63.5 Å².